The van der Waals surface area contributed by atoms with Crippen LogP contribution in [0.15, 0.2) is 47.5 Å². The lowest BCUT2D eigenvalue weighted by molar-refractivity contribution is -0.141. The Bertz CT molecular complexity index is 1480. The number of hydrogen-bond acceptors (Lipinski definition) is 8. The number of rotatable bonds is 5. The smallest absolute Gasteiger partial charge is 0.308 e. The summed E-state index contributed by atoms with van der Waals surface area (Å²) in [6.45, 7) is 6.08. The molecule has 176 valence electrons. The maximum atomic E-state index is 12.3. The molecular formula is C26H23N5O3S. The number of thiophene rings is 1. The van der Waals surface area contributed by atoms with Gasteiger partial charge in [0.1, 0.15) is 22.6 Å². The summed E-state index contributed by atoms with van der Waals surface area (Å²) in [7, 11) is 1.37. The largest absolute Gasteiger partial charge is 0.469 e. The van der Waals surface area contributed by atoms with E-state index < -0.39 is 6.04 Å². The van der Waals surface area contributed by atoms with Crippen LogP contribution in [0.5, 0.6) is 0 Å². The summed E-state index contributed by atoms with van der Waals surface area (Å²) in [5, 5.41) is 9.67. The monoisotopic (exact) mass is 485 g/mol. The van der Waals surface area contributed by atoms with E-state index >= 15 is 0 Å². The quantitative estimate of drug-likeness (QED) is 0.303. The van der Waals surface area contributed by atoms with Gasteiger partial charge >= 0.3 is 5.97 Å². The Kier molecular flexibility index (Phi) is 5.86. The number of methoxy groups -OCH3 is 1. The Morgan fingerprint density at radius 2 is 1.83 bits per heavy atom. The standard InChI is InChI=1S/C26H23N5O3S/c1-14-15(2)35-26-23(14)24(28-21(12-22(33)34-4)25-30-29-16(3)31(25)26)18-10-8-17(9-11-18)20-7-5-6-19(13-32)27-20/h5-11,13,21H,12H2,1-4H3/t21-/m0/s1. The van der Waals surface area contributed by atoms with Gasteiger partial charge in [-0.2, -0.15) is 0 Å². The van der Waals surface area contributed by atoms with Crippen LogP contribution in [0.3, 0.4) is 0 Å². The molecule has 0 amide bonds. The van der Waals surface area contributed by atoms with E-state index in [0.717, 1.165) is 50.8 Å². The molecule has 1 atom stereocenters. The summed E-state index contributed by atoms with van der Waals surface area (Å²) in [6.07, 6.45) is 0.800. The molecule has 4 heterocycles. The van der Waals surface area contributed by atoms with E-state index in [4.69, 9.17) is 9.73 Å². The number of aryl methyl sites for hydroxylation is 2. The third-order valence-electron chi connectivity index (χ3n) is 6.17. The second kappa shape index (κ2) is 8.99. The van der Waals surface area contributed by atoms with E-state index in [9.17, 15) is 9.59 Å². The Hall–Kier alpha value is -3.98. The van der Waals surface area contributed by atoms with Gasteiger partial charge in [0.25, 0.3) is 0 Å². The van der Waals surface area contributed by atoms with Crippen molar-refractivity contribution in [3.8, 4) is 16.3 Å². The summed E-state index contributed by atoms with van der Waals surface area (Å²) in [4.78, 5) is 34.0. The summed E-state index contributed by atoms with van der Waals surface area (Å²) >= 11 is 1.66. The van der Waals surface area contributed by atoms with Crippen LogP contribution in [0, 0.1) is 20.8 Å². The van der Waals surface area contributed by atoms with Gasteiger partial charge in [-0.3, -0.25) is 19.1 Å². The maximum Gasteiger partial charge on any atom is 0.308 e. The van der Waals surface area contributed by atoms with E-state index in [-0.39, 0.29) is 12.4 Å². The zero-order valence-corrected chi connectivity index (χ0v) is 20.6. The van der Waals surface area contributed by atoms with Crippen molar-refractivity contribution >= 4 is 29.3 Å². The minimum Gasteiger partial charge on any atom is -0.469 e. The lowest BCUT2D eigenvalue weighted by Gasteiger charge is -2.12. The zero-order valence-electron chi connectivity index (χ0n) is 19.8. The summed E-state index contributed by atoms with van der Waals surface area (Å²) < 4.78 is 6.95. The molecule has 1 aromatic carbocycles. The maximum absolute atomic E-state index is 12.3. The molecule has 0 radical (unpaired) electrons. The van der Waals surface area contributed by atoms with Gasteiger partial charge in [0.05, 0.1) is 24.9 Å². The molecule has 0 unspecified atom stereocenters. The van der Waals surface area contributed by atoms with Crippen molar-refractivity contribution in [2.45, 2.75) is 33.2 Å². The van der Waals surface area contributed by atoms with Crippen molar-refractivity contribution in [2.75, 3.05) is 7.11 Å². The van der Waals surface area contributed by atoms with E-state index in [0.29, 0.717) is 11.5 Å². The third-order valence-corrected chi connectivity index (χ3v) is 7.37. The Morgan fingerprint density at radius 3 is 2.54 bits per heavy atom. The fourth-order valence-electron chi connectivity index (χ4n) is 4.24. The van der Waals surface area contributed by atoms with Crippen molar-refractivity contribution in [1.29, 1.82) is 0 Å². The van der Waals surface area contributed by atoms with Crippen LogP contribution >= 0.6 is 11.3 Å². The molecule has 35 heavy (non-hydrogen) atoms. The van der Waals surface area contributed by atoms with Gasteiger partial charge in [0, 0.05) is 21.6 Å². The number of carbonyl (C=O) groups excluding carboxylic acids is 2. The van der Waals surface area contributed by atoms with E-state index in [1.807, 2.05) is 47.9 Å². The molecule has 0 bridgehead atoms. The number of aldehydes is 1. The Balaban J connectivity index is 1.66. The lowest BCUT2D eigenvalue weighted by Crippen LogP contribution is -2.12. The fraction of sp³-hybridized carbons (Fsp3) is 0.231. The van der Waals surface area contributed by atoms with E-state index in [1.165, 1.54) is 12.0 Å². The summed E-state index contributed by atoms with van der Waals surface area (Å²) in [5.41, 5.74) is 5.85. The molecule has 0 spiro atoms. The van der Waals surface area contributed by atoms with E-state index in [2.05, 4.69) is 29.0 Å². The van der Waals surface area contributed by atoms with Crippen molar-refractivity contribution in [2.24, 2.45) is 4.99 Å². The van der Waals surface area contributed by atoms with Crippen LogP contribution in [0.4, 0.5) is 0 Å². The summed E-state index contributed by atoms with van der Waals surface area (Å²) in [5.74, 6) is 1.00. The van der Waals surface area contributed by atoms with Crippen LogP contribution in [-0.2, 0) is 9.53 Å². The van der Waals surface area contributed by atoms with Gasteiger partial charge in [-0.05, 0) is 38.5 Å². The number of pyridine rings is 1. The van der Waals surface area contributed by atoms with Gasteiger partial charge < -0.3 is 4.74 Å². The van der Waals surface area contributed by atoms with Crippen molar-refractivity contribution in [3.05, 3.63) is 81.4 Å². The Morgan fingerprint density at radius 1 is 1.09 bits per heavy atom. The minimum absolute atomic E-state index is 0.0611. The fourth-order valence-corrected chi connectivity index (χ4v) is 5.46. The predicted molar refractivity (Wildman–Crippen MR) is 134 cm³/mol. The number of fused-ring (bicyclic) bond motifs is 3. The molecular weight excluding hydrogens is 462 g/mol. The van der Waals surface area contributed by atoms with Crippen LogP contribution in [0.2, 0.25) is 0 Å². The lowest BCUT2D eigenvalue weighted by atomic mass is 9.98. The number of carbonyl (C=O) groups is 2. The highest BCUT2D eigenvalue weighted by Gasteiger charge is 2.32. The average molecular weight is 486 g/mol. The molecule has 3 aromatic heterocycles. The molecule has 5 rings (SSSR count). The first kappa shape index (κ1) is 22.8. The first-order chi connectivity index (χ1) is 16.9. The highest BCUT2D eigenvalue weighted by atomic mass is 32.1. The molecule has 1 aliphatic heterocycles. The SMILES string of the molecule is COC(=O)C[C@@H]1N=C(c2ccc(-c3cccc(C=O)n3)cc2)c2c(sc(C)c2C)-n2c(C)nnc21. The van der Waals surface area contributed by atoms with Crippen LogP contribution in [0.1, 0.15) is 56.2 Å². The highest BCUT2D eigenvalue weighted by molar-refractivity contribution is 7.15. The number of hydrogen-bond donors (Lipinski definition) is 0. The molecule has 9 heteroatoms. The normalized spacial score (nSPS) is 14.5. The average Bonchev–Trinajstić information content (AvgIpc) is 3.36. The minimum atomic E-state index is -0.538. The second-order valence-electron chi connectivity index (χ2n) is 8.32. The molecule has 0 fully saturated rings. The first-order valence-corrected chi connectivity index (χ1v) is 11.9. The number of ether oxygens (including phenoxy) is 1. The number of aliphatic imine (C=N–C) groups is 1. The topological polar surface area (TPSA) is 99.3 Å². The van der Waals surface area contributed by atoms with Gasteiger partial charge in [0.2, 0.25) is 0 Å². The van der Waals surface area contributed by atoms with Gasteiger partial charge in [-0.15, -0.1) is 21.5 Å². The number of nitrogens with zero attached hydrogens (tertiary/aromatic N) is 5. The molecule has 4 aromatic rings. The molecule has 8 nitrogen and oxygen atoms in total. The molecule has 0 saturated carbocycles. The second-order valence-corrected chi connectivity index (χ2v) is 9.52. The highest BCUT2D eigenvalue weighted by Crippen LogP contribution is 2.39. The first-order valence-electron chi connectivity index (χ1n) is 11.1. The van der Waals surface area contributed by atoms with Gasteiger partial charge in [-0.25, -0.2) is 4.98 Å². The molecule has 0 N–H and O–H groups in total. The van der Waals surface area contributed by atoms with Crippen molar-refractivity contribution < 1.29 is 14.3 Å². The zero-order chi connectivity index (χ0) is 24.7. The predicted octanol–water partition coefficient (Wildman–Crippen LogP) is 4.58. The van der Waals surface area contributed by atoms with Crippen LogP contribution in [-0.4, -0.2) is 44.8 Å². The number of esters is 1. The third kappa shape index (κ3) is 3.97. The van der Waals surface area contributed by atoms with Gasteiger partial charge in [0.15, 0.2) is 12.1 Å². The number of aromatic nitrogens is 4. The Labute approximate surface area is 206 Å². The molecule has 0 saturated heterocycles. The molecule has 0 aliphatic carbocycles. The molecule has 1 aliphatic rings. The van der Waals surface area contributed by atoms with Gasteiger partial charge in [-0.1, -0.05) is 30.3 Å². The van der Waals surface area contributed by atoms with Crippen molar-refractivity contribution in [1.82, 2.24) is 19.7 Å². The number of benzene rings is 1. The summed E-state index contributed by atoms with van der Waals surface area (Å²) in [6, 6.07) is 12.7. The van der Waals surface area contributed by atoms with E-state index in [1.54, 1.807) is 17.4 Å². The van der Waals surface area contributed by atoms with Crippen LogP contribution < -0.4 is 0 Å². The van der Waals surface area contributed by atoms with Crippen LogP contribution in [0.25, 0.3) is 16.3 Å². The van der Waals surface area contributed by atoms with Crippen molar-refractivity contribution in [3.63, 3.8) is 0 Å².